The van der Waals surface area contributed by atoms with Gasteiger partial charge in [0.1, 0.15) is 73.2 Å². The molecule has 3 saturated heterocycles. The molecule has 12 N–H and O–H groups in total. The topological polar surface area (TPSA) is 307 Å². The molecule has 528 valence electrons. The maximum Gasteiger partial charge on any atom is 0.220 e. The first-order chi connectivity index (χ1) is 44.3. The summed E-state index contributed by atoms with van der Waals surface area (Å²) in [5.41, 5.74) is 0. The first kappa shape index (κ1) is 82.5. The van der Waals surface area contributed by atoms with E-state index < -0.39 is 124 Å². The Morgan fingerprint density at radius 2 is 0.758 bits per heavy atom. The maximum absolute atomic E-state index is 13.4. The molecule has 0 aromatic rings. The van der Waals surface area contributed by atoms with Crippen LogP contribution in [-0.4, -0.2) is 193 Å². The summed E-state index contributed by atoms with van der Waals surface area (Å²) in [6, 6.07) is -0.888. The third-order valence-electron chi connectivity index (χ3n) is 17.5. The van der Waals surface area contributed by atoms with Crippen molar-refractivity contribution >= 4 is 5.91 Å². The summed E-state index contributed by atoms with van der Waals surface area (Å²) < 4.78 is 34.4. The summed E-state index contributed by atoms with van der Waals surface area (Å²) in [5.74, 6) is -0.245. The molecule has 91 heavy (non-hydrogen) atoms. The van der Waals surface area contributed by atoms with Crippen LogP contribution in [0.5, 0.6) is 0 Å². The van der Waals surface area contributed by atoms with Crippen LogP contribution in [0.25, 0.3) is 0 Å². The summed E-state index contributed by atoms with van der Waals surface area (Å²) in [7, 11) is 0. The Bertz CT molecular complexity index is 1930. The molecule has 3 heterocycles. The minimum atomic E-state index is -1.97. The van der Waals surface area contributed by atoms with Gasteiger partial charge in [0.05, 0.1) is 38.6 Å². The number of aliphatic hydroxyl groups is 11. The van der Waals surface area contributed by atoms with Crippen LogP contribution in [0.3, 0.4) is 0 Å². The molecule has 0 radical (unpaired) electrons. The number of rotatable bonds is 54. The number of aliphatic hydroxyl groups excluding tert-OH is 11. The smallest absolute Gasteiger partial charge is 0.220 e. The fraction of sp³-hybridized carbons (Fsp3) is 0.819. The van der Waals surface area contributed by atoms with E-state index in [0.29, 0.717) is 12.8 Å². The summed E-state index contributed by atoms with van der Waals surface area (Å²) in [6.45, 7) is 1.67. The van der Waals surface area contributed by atoms with E-state index in [1.807, 2.05) is 0 Å². The Morgan fingerprint density at radius 3 is 1.19 bits per heavy atom. The second-order valence-electron chi connectivity index (χ2n) is 25.3. The molecule has 0 aliphatic carbocycles. The van der Waals surface area contributed by atoms with Crippen LogP contribution in [-0.2, 0) is 33.2 Å². The summed E-state index contributed by atoms with van der Waals surface area (Å²) in [6.07, 6.45) is 40.1. The highest BCUT2D eigenvalue weighted by atomic mass is 16.8. The van der Waals surface area contributed by atoms with Gasteiger partial charge >= 0.3 is 0 Å². The van der Waals surface area contributed by atoms with Crippen LogP contribution in [0.15, 0.2) is 72.9 Å². The average molecular weight is 1290 g/mol. The number of carbonyl (C=O) groups is 1. The van der Waals surface area contributed by atoms with Crippen LogP contribution in [0, 0.1) is 0 Å². The molecule has 0 spiro atoms. The van der Waals surface area contributed by atoms with E-state index in [-0.39, 0.29) is 18.9 Å². The lowest BCUT2D eigenvalue weighted by Gasteiger charge is -2.48. The zero-order chi connectivity index (χ0) is 66.1. The van der Waals surface area contributed by atoms with Crippen molar-refractivity contribution in [1.29, 1.82) is 0 Å². The van der Waals surface area contributed by atoms with E-state index in [1.165, 1.54) is 128 Å². The van der Waals surface area contributed by atoms with E-state index in [0.717, 1.165) is 83.5 Å². The van der Waals surface area contributed by atoms with Gasteiger partial charge in [0.25, 0.3) is 0 Å². The minimum absolute atomic E-state index is 0.245. The van der Waals surface area contributed by atoms with Gasteiger partial charge in [0, 0.05) is 6.42 Å². The molecule has 1 amide bonds. The first-order valence-electron chi connectivity index (χ1n) is 35.7. The lowest BCUT2D eigenvalue weighted by molar-refractivity contribution is -0.379. The molecule has 0 saturated carbocycles. The largest absolute Gasteiger partial charge is 0.394 e. The number of unbranched alkanes of at least 4 members (excludes halogenated alkanes) is 26. The van der Waals surface area contributed by atoms with Crippen LogP contribution >= 0.6 is 0 Å². The Hall–Kier alpha value is -2.77. The van der Waals surface area contributed by atoms with Gasteiger partial charge in [0.15, 0.2) is 18.9 Å². The molecular weight excluding hydrogens is 1170 g/mol. The van der Waals surface area contributed by atoms with Crippen molar-refractivity contribution in [3.63, 3.8) is 0 Å². The lowest BCUT2D eigenvalue weighted by atomic mass is 9.96. The molecule has 3 aliphatic rings. The SMILES string of the molecule is CC/C=C\C/C=C\C/C=C\C/C=C\C/C=C\C/C=C\CCCCCCCCCCCCCCCCCCC(=O)NC(COC1OC(CO)C(OC2OC(CO)C(OC3OC(CO)C(O)C(O)C3O)C(O)C2O)C(O)C1O)C(O)CCCCCCCCCCCCC. The summed E-state index contributed by atoms with van der Waals surface area (Å²) in [5, 5.41) is 120. The predicted molar refractivity (Wildman–Crippen MR) is 355 cm³/mol. The van der Waals surface area contributed by atoms with Gasteiger partial charge in [-0.1, -0.05) is 247 Å². The van der Waals surface area contributed by atoms with Crippen molar-refractivity contribution in [3.05, 3.63) is 72.9 Å². The standard InChI is InChI=1S/C72H127NO18/c1-3-5-7-9-11-13-15-16-17-18-19-20-21-22-23-24-25-26-27-28-29-30-31-32-33-34-35-36-37-38-40-42-44-46-48-50-60(78)73-55(56(77)49-47-45-43-41-39-14-12-10-8-6-4-2)54-86-70-66(84)63(81)68(58(52-75)88-70)91-72-67(85)64(82)69(59(53-76)89-72)90-71-65(83)62(80)61(79)57(51-74)87-71/h5,7,11,13,16-17,19-20,22-23,25-26,55-59,61-72,74-77,79-85H,3-4,6,8-10,12,14-15,18,21,24,27-54H2,1-2H3,(H,73,78)/b7-5-,13-11-,17-16-,20-19-,23-22-,26-25-. The number of nitrogens with one attached hydrogen (secondary N) is 1. The lowest BCUT2D eigenvalue weighted by Crippen LogP contribution is -2.66. The minimum Gasteiger partial charge on any atom is -0.394 e. The Labute approximate surface area is 547 Å². The molecule has 0 aromatic heterocycles. The molecule has 0 bridgehead atoms. The first-order valence-corrected chi connectivity index (χ1v) is 35.7. The zero-order valence-electron chi connectivity index (χ0n) is 55.8. The highest BCUT2D eigenvalue weighted by Crippen LogP contribution is 2.33. The summed E-state index contributed by atoms with van der Waals surface area (Å²) in [4.78, 5) is 13.4. The quantitative estimate of drug-likeness (QED) is 0.0199. The van der Waals surface area contributed by atoms with Gasteiger partial charge in [-0.05, 0) is 64.2 Å². The third kappa shape index (κ3) is 35.2. The molecule has 17 atom stereocenters. The highest BCUT2D eigenvalue weighted by molar-refractivity contribution is 5.76. The van der Waals surface area contributed by atoms with Crippen molar-refractivity contribution in [2.45, 2.75) is 349 Å². The Morgan fingerprint density at radius 1 is 0.407 bits per heavy atom. The normalized spacial score (nSPS) is 28.3. The summed E-state index contributed by atoms with van der Waals surface area (Å²) >= 11 is 0. The van der Waals surface area contributed by atoms with Crippen molar-refractivity contribution < 1.29 is 89.4 Å². The molecule has 19 heteroatoms. The number of carbonyl (C=O) groups excluding carboxylic acids is 1. The number of hydrogen-bond donors (Lipinski definition) is 12. The van der Waals surface area contributed by atoms with Gasteiger partial charge < -0.3 is 89.9 Å². The molecule has 17 unspecified atom stereocenters. The Kier molecular flexibility index (Phi) is 48.4. The van der Waals surface area contributed by atoms with Gasteiger partial charge in [-0.25, -0.2) is 0 Å². The van der Waals surface area contributed by atoms with Gasteiger partial charge in [-0.15, -0.1) is 0 Å². The van der Waals surface area contributed by atoms with E-state index in [1.54, 1.807) is 0 Å². The van der Waals surface area contributed by atoms with E-state index >= 15 is 0 Å². The molecule has 3 fully saturated rings. The zero-order valence-corrected chi connectivity index (χ0v) is 55.8. The average Bonchev–Trinajstić information content (AvgIpc) is 1.05. The second-order valence-corrected chi connectivity index (χ2v) is 25.3. The number of allylic oxidation sites excluding steroid dienone is 12. The highest BCUT2D eigenvalue weighted by Gasteiger charge is 2.53. The van der Waals surface area contributed by atoms with Crippen molar-refractivity contribution in [1.82, 2.24) is 5.32 Å². The van der Waals surface area contributed by atoms with Crippen molar-refractivity contribution in [3.8, 4) is 0 Å². The van der Waals surface area contributed by atoms with Crippen LogP contribution in [0.2, 0.25) is 0 Å². The predicted octanol–water partition coefficient (Wildman–Crippen LogP) is 9.72. The number of hydrogen-bond acceptors (Lipinski definition) is 18. The number of ether oxygens (including phenoxy) is 6. The monoisotopic (exact) mass is 1290 g/mol. The maximum atomic E-state index is 13.4. The molecule has 3 aliphatic heterocycles. The van der Waals surface area contributed by atoms with E-state index in [2.05, 4.69) is 92.1 Å². The van der Waals surface area contributed by atoms with Crippen molar-refractivity contribution in [2.75, 3.05) is 26.4 Å². The molecule has 0 aromatic carbocycles. The van der Waals surface area contributed by atoms with Crippen LogP contribution in [0.4, 0.5) is 0 Å². The van der Waals surface area contributed by atoms with Gasteiger partial charge in [0.2, 0.25) is 5.91 Å². The Balaban J connectivity index is 1.32. The molecule has 19 nitrogen and oxygen atoms in total. The van der Waals surface area contributed by atoms with Crippen LogP contribution < -0.4 is 5.32 Å². The van der Waals surface area contributed by atoms with Gasteiger partial charge in [-0.2, -0.15) is 0 Å². The fourth-order valence-corrected chi connectivity index (χ4v) is 11.8. The van der Waals surface area contributed by atoms with Crippen molar-refractivity contribution in [2.24, 2.45) is 0 Å². The van der Waals surface area contributed by atoms with Crippen LogP contribution in [0.1, 0.15) is 245 Å². The fourth-order valence-electron chi connectivity index (χ4n) is 11.8. The number of amides is 1. The van der Waals surface area contributed by atoms with E-state index in [4.69, 9.17) is 28.4 Å². The van der Waals surface area contributed by atoms with Gasteiger partial charge in [-0.3, -0.25) is 4.79 Å². The second kappa shape index (κ2) is 53.4. The molecular formula is C72H127NO18. The third-order valence-corrected chi connectivity index (χ3v) is 17.5. The molecule has 3 rings (SSSR count). The van der Waals surface area contributed by atoms with E-state index in [9.17, 15) is 61.0 Å².